The Balaban J connectivity index is 2.10. The lowest BCUT2D eigenvalue weighted by Crippen LogP contribution is -2.05. The fraction of sp³-hybridized carbons (Fsp3) is 0.231. The van der Waals surface area contributed by atoms with Gasteiger partial charge in [-0.15, -0.1) is 0 Å². The minimum Gasteiger partial charge on any atom is -0.464 e. The molecule has 0 amide bonds. The Labute approximate surface area is 94.1 Å². The maximum atomic E-state index is 13.0. The summed E-state index contributed by atoms with van der Waals surface area (Å²) < 4.78 is 18.5. The summed E-state index contributed by atoms with van der Waals surface area (Å²) in [7, 11) is 0. The molecule has 1 aromatic heterocycles. The van der Waals surface area contributed by atoms with E-state index in [9.17, 15) is 4.39 Å². The van der Waals surface area contributed by atoms with E-state index in [1.807, 2.05) is 32.0 Å². The molecule has 0 spiro atoms. The summed E-state index contributed by atoms with van der Waals surface area (Å²) in [6, 6.07) is 10.3. The minimum atomic E-state index is -0.243. The molecule has 1 heterocycles. The summed E-state index contributed by atoms with van der Waals surface area (Å²) in [5, 5.41) is 3.18. The van der Waals surface area contributed by atoms with Gasteiger partial charge in [0.25, 0.3) is 0 Å². The Hall–Kier alpha value is -1.77. The monoisotopic (exact) mass is 219 g/mol. The third kappa shape index (κ3) is 2.42. The van der Waals surface area contributed by atoms with Gasteiger partial charge in [-0.1, -0.05) is 6.07 Å². The molecule has 3 heteroatoms. The standard InChI is InChI=1S/C13H14FNO/c1-9-6-7-13(16-9)10(2)15-12-5-3-4-11(14)8-12/h3-8,10,15H,1-2H3. The number of benzene rings is 1. The van der Waals surface area contributed by atoms with E-state index in [1.54, 1.807) is 6.07 Å². The van der Waals surface area contributed by atoms with Gasteiger partial charge in [0.1, 0.15) is 17.3 Å². The quantitative estimate of drug-likeness (QED) is 0.846. The first-order valence-corrected chi connectivity index (χ1v) is 5.23. The largest absolute Gasteiger partial charge is 0.464 e. The number of nitrogens with one attached hydrogen (secondary N) is 1. The molecule has 0 aliphatic rings. The Morgan fingerprint density at radius 3 is 2.69 bits per heavy atom. The highest BCUT2D eigenvalue weighted by Crippen LogP contribution is 2.21. The molecule has 1 N–H and O–H groups in total. The molecule has 16 heavy (non-hydrogen) atoms. The third-order valence-electron chi connectivity index (χ3n) is 2.40. The first-order valence-electron chi connectivity index (χ1n) is 5.23. The van der Waals surface area contributed by atoms with E-state index in [2.05, 4.69) is 5.32 Å². The van der Waals surface area contributed by atoms with Crippen molar-refractivity contribution in [3.05, 3.63) is 53.7 Å². The van der Waals surface area contributed by atoms with Crippen LogP contribution in [0.3, 0.4) is 0 Å². The number of hydrogen-bond acceptors (Lipinski definition) is 2. The maximum Gasteiger partial charge on any atom is 0.126 e. The average molecular weight is 219 g/mol. The average Bonchev–Trinajstić information content (AvgIpc) is 2.65. The van der Waals surface area contributed by atoms with Crippen LogP contribution in [0.15, 0.2) is 40.8 Å². The van der Waals surface area contributed by atoms with Gasteiger partial charge in [0.15, 0.2) is 0 Å². The van der Waals surface area contributed by atoms with Gasteiger partial charge in [-0.2, -0.15) is 0 Å². The molecule has 0 saturated heterocycles. The fourth-order valence-electron chi connectivity index (χ4n) is 1.59. The van der Waals surface area contributed by atoms with E-state index >= 15 is 0 Å². The zero-order chi connectivity index (χ0) is 11.5. The van der Waals surface area contributed by atoms with Crippen LogP contribution in [0.5, 0.6) is 0 Å². The van der Waals surface area contributed by atoms with Crippen molar-refractivity contribution in [1.29, 1.82) is 0 Å². The summed E-state index contributed by atoms with van der Waals surface area (Å²) in [6.07, 6.45) is 0. The molecule has 0 fully saturated rings. The molecule has 1 aromatic carbocycles. The summed E-state index contributed by atoms with van der Waals surface area (Å²) in [5.41, 5.74) is 0.751. The molecular formula is C13H14FNO. The van der Waals surface area contributed by atoms with Gasteiger partial charge in [0, 0.05) is 5.69 Å². The van der Waals surface area contributed by atoms with Crippen molar-refractivity contribution >= 4 is 5.69 Å². The minimum absolute atomic E-state index is 0.0236. The normalized spacial score (nSPS) is 12.4. The Morgan fingerprint density at radius 2 is 2.06 bits per heavy atom. The molecule has 0 bridgehead atoms. The van der Waals surface area contributed by atoms with Crippen LogP contribution in [0.25, 0.3) is 0 Å². The lowest BCUT2D eigenvalue weighted by Gasteiger charge is -2.12. The van der Waals surface area contributed by atoms with E-state index in [0.29, 0.717) is 0 Å². The van der Waals surface area contributed by atoms with Crippen molar-refractivity contribution in [3.8, 4) is 0 Å². The fourth-order valence-corrected chi connectivity index (χ4v) is 1.59. The first-order chi connectivity index (χ1) is 7.65. The second kappa shape index (κ2) is 4.39. The second-order valence-electron chi connectivity index (χ2n) is 3.82. The molecule has 2 aromatic rings. The molecule has 1 atom stereocenters. The van der Waals surface area contributed by atoms with E-state index in [1.165, 1.54) is 12.1 Å². The molecule has 0 saturated carbocycles. The first kappa shape index (κ1) is 10.7. The summed E-state index contributed by atoms with van der Waals surface area (Å²) in [6.45, 7) is 3.88. The van der Waals surface area contributed by atoms with Gasteiger partial charge in [-0.3, -0.25) is 0 Å². The summed E-state index contributed by atoms with van der Waals surface area (Å²) in [5.74, 6) is 1.48. The van der Waals surface area contributed by atoms with Crippen LogP contribution >= 0.6 is 0 Å². The van der Waals surface area contributed by atoms with Crippen molar-refractivity contribution in [3.63, 3.8) is 0 Å². The summed E-state index contributed by atoms with van der Waals surface area (Å²) in [4.78, 5) is 0. The van der Waals surface area contributed by atoms with Crippen molar-refractivity contribution in [2.24, 2.45) is 0 Å². The van der Waals surface area contributed by atoms with E-state index in [0.717, 1.165) is 17.2 Å². The van der Waals surface area contributed by atoms with Crippen LogP contribution in [-0.4, -0.2) is 0 Å². The Morgan fingerprint density at radius 1 is 1.25 bits per heavy atom. The van der Waals surface area contributed by atoms with Crippen molar-refractivity contribution in [2.45, 2.75) is 19.9 Å². The van der Waals surface area contributed by atoms with Crippen molar-refractivity contribution in [1.82, 2.24) is 0 Å². The smallest absolute Gasteiger partial charge is 0.126 e. The van der Waals surface area contributed by atoms with Gasteiger partial charge in [0.2, 0.25) is 0 Å². The van der Waals surface area contributed by atoms with Crippen LogP contribution < -0.4 is 5.32 Å². The van der Waals surface area contributed by atoms with E-state index in [-0.39, 0.29) is 11.9 Å². The molecule has 0 aliphatic heterocycles. The molecule has 2 nitrogen and oxygen atoms in total. The predicted octanol–water partition coefficient (Wildman–Crippen LogP) is 3.90. The lowest BCUT2D eigenvalue weighted by atomic mass is 10.2. The molecular weight excluding hydrogens is 205 g/mol. The molecule has 2 rings (SSSR count). The van der Waals surface area contributed by atoms with Crippen LogP contribution in [0.1, 0.15) is 24.5 Å². The highest BCUT2D eigenvalue weighted by Gasteiger charge is 2.09. The van der Waals surface area contributed by atoms with Crippen LogP contribution in [0.2, 0.25) is 0 Å². The highest BCUT2D eigenvalue weighted by atomic mass is 19.1. The van der Waals surface area contributed by atoms with Crippen molar-refractivity contribution < 1.29 is 8.81 Å². The number of aryl methyl sites for hydroxylation is 1. The molecule has 0 radical (unpaired) electrons. The van der Waals surface area contributed by atoms with Crippen LogP contribution in [0, 0.1) is 12.7 Å². The van der Waals surface area contributed by atoms with E-state index in [4.69, 9.17) is 4.42 Å². The van der Waals surface area contributed by atoms with E-state index < -0.39 is 0 Å². The number of halogens is 1. The lowest BCUT2D eigenvalue weighted by molar-refractivity contribution is 0.467. The van der Waals surface area contributed by atoms with Gasteiger partial charge in [-0.05, 0) is 44.2 Å². The SMILES string of the molecule is Cc1ccc(C(C)Nc2cccc(F)c2)o1. The number of rotatable bonds is 3. The third-order valence-corrected chi connectivity index (χ3v) is 2.40. The Kier molecular flexibility index (Phi) is 2.95. The molecule has 0 aliphatic carbocycles. The van der Waals surface area contributed by atoms with Crippen LogP contribution in [-0.2, 0) is 0 Å². The van der Waals surface area contributed by atoms with Crippen LogP contribution in [0.4, 0.5) is 10.1 Å². The zero-order valence-corrected chi connectivity index (χ0v) is 9.33. The highest BCUT2D eigenvalue weighted by molar-refractivity contribution is 5.44. The van der Waals surface area contributed by atoms with Gasteiger partial charge in [0.05, 0.1) is 6.04 Å². The Bertz CT molecular complexity index is 478. The van der Waals surface area contributed by atoms with Crippen molar-refractivity contribution in [2.75, 3.05) is 5.32 Å². The molecule has 1 unspecified atom stereocenters. The topological polar surface area (TPSA) is 25.2 Å². The van der Waals surface area contributed by atoms with Gasteiger partial charge in [-0.25, -0.2) is 4.39 Å². The number of anilines is 1. The summed E-state index contributed by atoms with van der Waals surface area (Å²) >= 11 is 0. The zero-order valence-electron chi connectivity index (χ0n) is 9.33. The second-order valence-corrected chi connectivity index (χ2v) is 3.82. The van der Waals surface area contributed by atoms with Gasteiger partial charge >= 0.3 is 0 Å². The number of furan rings is 1. The predicted molar refractivity (Wildman–Crippen MR) is 61.9 cm³/mol. The number of hydrogen-bond donors (Lipinski definition) is 1. The molecule has 84 valence electrons. The maximum absolute atomic E-state index is 13.0. The van der Waals surface area contributed by atoms with Gasteiger partial charge < -0.3 is 9.73 Å².